The maximum atomic E-state index is 12.0. The Morgan fingerprint density at radius 3 is 2.50 bits per heavy atom. The summed E-state index contributed by atoms with van der Waals surface area (Å²) in [6, 6.07) is 1.49. The number of amides is 1. The van der Waals surface area contributed by atoms with Crippen LogP contribution in [0.3, 0.4) is 0 Å². The van der Waals surface area contributed by atoms with Crippen LogP contribution in [0.15, 0.2) is 16.7 Å². The summed E-state index contributed by atoms with van der Waals surface area (Å²) >= 11 is 0. The van der Waals surface area contributed by atoms with Crippen LogP contribution in [0.2, 0.25) is 0 Å². The summed E-state index contributed by atoms with van der Waals surface area (Å²) in [5.41, 5.74) is 1.06. The van der Waals surface area contributed by atoms with Crippen molar-refractivity contribution in [3.8, 4) is 0 Å². The number of carbonyl (C=O) groups is 2. The molecule has 0 spiro atoms. The molecule has 0 aliphatic carbocycles. The number of hydrogen-bond acceptors (Lipinski definition) is 4. The Balaban J connectivity index is 2.49. The SMILES string of the molecule is CC(=O)C(NC(=O)CN(C)Cc1ccoc1C)C(C)C. The highest BCUT2D eigenvalue weighted by atomic mass is 16.3. The van der Waals surface area contributed by atoms with Crippen LogP contribution >= 0.6 is 0 Å². The Bertz CT molecular complexity index is 465. The maximum Gasteiger partial charge on any atom is 0.234 e. The highest BCUT2D eigenvalue weighted by Crippen LogP contribution is 2.10. The second-order valence-electron chi connectivity index (χ2n) is 5.57. The summed E-state index contributed by atoms with van der Waals surface area (Å²) in [4.78, 5) is 25.3. The Morgan fingerprint density at radius 1 is 1.40 bits per heavy atom. The van der Waals surface area contributed by atoms with Crippen LogP contribution in [0.25, 0.3) is 0 Å². The minimum absolute atomic E-state index is 0.0123. The highest BCUT2D eigenvalue weighted by molar-refractivity contribution is 5.88. The lowest BCUT2D eigenvalue weighted by atomic mass is 10.0. The molecule has 0 saturated carbocycles. The molecular weight excluding hydrogens is 256 g/mol. The van der Waals surface area contributed by atoms with E-state index in [0.29, 0.717) is 6.54 Å². The zero-order valence-electron chi connectivity index (χ0n) is 12.9. The fourth-order valence-electron chi connectivity index (χ4n) is 2.12. The van der Waals surface area contributed by atoms with Gasteiger partial charge in [-0.1, -0.05) is 13.8 Å². The van der Waals surface area contributed by atoms with Gasteiger partial charge in [-0.25, -0.2) is 0 Å². The predicted octanol–water partition coefficient (Wildman–Crippen LogP) is 1.75. The number of nitrogens with one attached hydrogen (secondary N) is 1. The molecule has 1 N–H and O–H groups in total. The molecule has 5 heteroatoms. The molecule has 0 aromatic carbocycles. The van der Waals surface area contributed by atoms with Gasteiger partial charge in [0.2, 0.25) is 5.91 Å². The number of carbonyl (C=O) groups excluding carboxylic acids is 2. The molecule has 1 amide bonds. The van der Waals surface area contributed by atoms with Gasteiger partial charge in [-0.3, -0.25) is 14.5 Å². The second kappa shape index (κ2) is 7.24. The normalized spacial score (nSPS) is 12.8. The fraction of sp³-hybridized carbons (Fsp3) is 0.600. The van der Waals surface area contributed by atoms with Crippen molar-refractivity contribution in [2.75, 3.05) is 13.6 Å². The third kappa shape index (κ3) is 4.81. The van der Waals surface area contributed by atoms with E-state index < -0.39 is 6.04 Å². The van der Waals surface area contributed by atoms with Gasteiger partial charge in [0.05, 0.1) is 18.8 Å². The molecule has 112 valence electrons. The lowest BCUT2D eigenvalue weighted by Gasteiger charge is -2.22. The molecule has 0 aliphatic heterocycles. The summed E-state index contributed by atoms with van der Waals surface area (Å²) < 4.78 is 5.23. The zero-order chi connectivity index (χ0) is 15.3. The molecule has 0 radical (unpaired) electrons. The third-order valence-corrected chi connectivity index (χ3v) is 3.24. The van der Waals surface area contributed by atoms with Crippen molar-refractivity contribution in [1.29, 1.82) is 0 Å². The summed E-state index contributed by atoms with van der Waals surface area (Å²) in [5, 5.41) is 2.79. The van der Waals surface area contributed by atoms with Crippen LogP contribution < -0.4 is 5.32 Å². The summed E-state index contributed by atoms with van der Waals surface area (Å²) in [5.74, 6) is 0.808. The first-order valence-corrected chi connectivity index (χ1v) is 6.82. The number of aryl methyl sites for hydroxylation is 1. The fourth-order valence-corrected chi connectivity index (χ4v) is 2.12. The molecule has 0 saturated heterocycles. The van der Waals surface area contributed by atoms with E-state index in [4.69, 9.17) is 4.42 Å². The van der Waals surface area contributed by atoms with Gasteiger partial charge in [0.1, 0.15) is 5.76 Å². The maximum absolute atomic E-state index is 12.0. The molecule has 0 fully saturated rings. The summed E-state index contributed by atoms with van der Waals surface area (Å²) in [6.45, 7) is 8.14. The van der Waals surface area contributed by atoms with E-state index in [1.165, 1.54) is 6.92 Å². The third-order valence-electron chi connectivity index (χ3n) is 3.24. The van der Waals surface area contributed by atoms with Gasteiger partial charge in [0, 0.05) is 12.1 Å². The summed E-state index contributed by atoms with van der Waals surface area (Å²) in [7, 11) is 1.87. The van der Waals surface area contributed by atoms with Gasteiger partial charge in [-0.15, -0.1) is 0 Å². The molecule has 1 aromatic rings. The Kier molecular flexibility index (Phi) is 5.95. The molecule has 1 atom stereocenters. The van der Waals surface area contributed by atoms with E-state index >= 15 is 0 Å². The zero-order valence-corrected chi connectivity index (χ0v) is 12.9. The molecule has 20 heavy (non-hydrogen) atoms. The molecule has 5 nitrogen and oxygen atoms in total. The van der Waals surface area contributed by atoms with Gasteiger partial charge in [0.25, 0.3) is 0 Å². The van der Waals surface area contributed by atoms with Crippen molar-refractivity contribution in [2.45, 2.75) is 40.3 Å². The number of rotatable bonds is 7. The van der Waals surface area contributed by atoms with Crippen molar-refractivity contribution in [3.63, 3.8) is 0 Å². The van der Waals surface area contributed by atoms with E-state index in [1.54, 1.807) is 6.26 Å². The van der Waals surface area contributed by atoms with E-state index in [1.807, 2.05) is 38.8 Å². The number of hydrogen-bond donors (Lipinski definition) is 1. The van der Waals surface area contributed by atoms with Crippen LogP contribution in [0.1, 0.15) is 32.1 Å². The van der Waals surface area contributed by atoms with Crippen molar-refractivity contribution in [1.82, 2.24) is 10.2 Å². The topological polar surface area (TPSA) is 62.6 Å². The first-order valence-electron chi connectivity index (χ1n) is 6.82. The van der Waals surface area contributed by atoms with Gasteiger partial charge in [0.15, 0.2) is 5.78 Å². The molecule has 1 aromatic heterocycles. The molecule has 1 unspecified atom stereocenters. The lowest BCUT2D eigenvalue weighted by molar-refractivity contribution is -0.128. The van der Waals surface area contributed by atoms with Gasteiger partial charge < -0.3 is 9.73 Å². The largest absolute Gasteiger partial charge is 0.469 e. The average molecular weight is 280 g/mol. The number of furan rings is 1. The Hall–Kier alpha value is -1.62. The molecule has 0 aliphatic rings. The number of likely N-dealkylation sites (N-methyl/N-ethyl adjacent to an activating group) is 1. The van der Waals surface area contributed by atoms with Crippen molar-refractivity contribution < 1.29 is 14.0 Å². The van der Waals surface area contributed by atoms with Crippen molar-refractivity contribution in [2.24, 2.45) is 5.92 Å². The quantitative estimate of drug-likeness (QED) is 0.826. The first kappa shape index (κ1) is 16.4. The molecular formula is C15H24N2O3. The van der Waals surface area contributed by atoms with Crippen LogP contribution in [-0.2, 0) is 16.1 Å². The van der Waals surface area contributed by atoms with E-state index in [2.05, 4.69) is 5.32 Å². The summed E-state index contributed by atoms with van der Waals surface area (Å²) in [6.07, 6.45) is 1.64. The molecule has 0 bridgehead atoms. The van der Waals surface area contributed by atoms with Gasteiger partial charge in [-0.2, -0.15) is 0 Å². The van der Waals surface area contributed by atoms with Crippen LogP contribution in [0.5, 0.6) is 0 Å². The van der Waals surface area contributed by atoms with Crippen molar-refractivity contribution in [3.05, 3.63) is 23.7 Å². The van der Waals surface area contributed by atoms with E-state index in [0.717, 1.165) is 11.3 Å². The second-order valence-corrected chi connectivity index (χ2v) is 5.57. The van der Waals surface area contributed by atoms with E-state index in [-0.39, 0.29) is 24.2 Å². The number of nitrogens with zero attached hydrogens (tertiary/aromatic N) is 1. The highest BCUT2D eigenvalue weighted by Gasteiger charge is 2.21. The monoisotopic (exact) mass is 280 g/mol. The predicted molar refractivity (Wildman–Crippen MR) is 77.2 cm³/mol. The molecule has 1 rings (SSSR count). The Labute approximate surface area is 120 Å². The van der Waals surface area contributed by atoms with Crippen LogP contribution in [0, 0.1) is 12.8 Å². The van der Waals surface area contributed by atoms with Crippen LogP contribution in [0.4, 0.5) is 0 Å². The average Bonchev–Trinajstić information content (AvgIpc) is 2.71. The van der Waals surface area contributed by atoms with E-state index in [9.17, 15) is 9.59 Å². The smallest absolute Gasteiger partial charge is 0.234 e. The Morgan fingerprint density at radius 2 is 2.05 bits per heavy atom. The number of ketones is 1. The number of Topliss-reactive ketones (excluding diaryl/α,β-unsaturated/α-hetero) is 1. The minimum Gasteiger partial charge on any atom is -0.469 e. The van der Waals surface area contributed by atoms with Gasteiger partial charge >= 0.3 is 0 Å². The molecule has 1 heterocycles. The van der Waals surface area contributed by atoms with Crippen molar-refractivity contribution >= 4 is 11.7 Å². The minimum atomic E-state index is -0.411. The standard InChI is InChI=1S/C15H24N2O3/c1-10(2)15(11(3)18)16-14(19)9-17(5)8-13-6-7-20-12(13)4/h6-7,10,15H,8-9H2,1-5H3,(H,16,19). The first-order chi connectivity index (χ1) is 9.31. The van der Waals surface area contributed by atoms with Crippen LogP contribution in [-0.4, -0.2) is 36.2 Å². The lowest BCUT2D eigenvalue weighted by Crippen LogP contribution is -2.46. The van der Waals surface area contributed by atoms with Gasteiger partial charge in [-0.05, 0) is 32.9 Å².